The van der Waals surface area contributed by atoms with Crippen molar-refractivity contribution >= 4 is 49.9 Å². The quantitative estimate of drug-likeness (QED) is 0.542. The summed E-state index contributed by atoms with van der Waals surface area (Å²) in [5.41, 5.74) is 1.46. The maximum atomic E-state index is 12.0. The fourth-order valence-electron chi connectivity index (χ4n) is 2.31. The van der Waals surface area contributed by atoms with Crippen LogP contribution in [0.1, 0.15) is 11.3 Å². The third-order valence-electron chi connectivity index (χ3n) is 3.66. The van der Waals surface area contributed by atoms with E-state index in [1.54, 1.807) is 16.7 Å². The van der Waals surface area contributed by atoms with Crippen LogP contribution in [0, 0.1) is 0 Å². The molecule has 0 saturated heterocycles. The normalized spacial score (nSPS) is 12.0. The third-order valence-corrected chi connectivity index (χ3v) is 6.02. The van der Waals surface area contributed by atoms with Crippen LogP contribution in [0.5, 0.6) is 0 Å². The van der Waals surface area contributed by atoms with E-state index in [9.17, 15) is 13.2 Å². The zero-order valence-electron chi connectivity index (χ0n) is 14.1. The molecule has 3 aromatic rings. The fraction of sp³-hybridized carbons (Fsp3) is 0.176. The van der Waals surface area contributed by atoms with Crippen LogP contribution in [0.2, 0.25) is 5.15 Å². The van der Waals surface area contributed by atoms with Crippen LogP contribution in [0.15, 0.2) is 48.0 Å². The lowest BCUT2D eigenvalue weighted by Gasteiger charge is -2.07. The van der Waals surface area contributed by atoms with E-state index in [0.29, 0.717) is 10.8 Å². The number of hydrogen-bond donors (Lipinski definition) is 2. The second-order valence-corrected chi connectivity index (χ2v) is 8.75. The Morgan fingerprint density at radius 1 is 1.30 bits per heavy atom. The fourth-order valence-corrected chi connectivity index (χ4v) is 4.22. The van der Waals surface area contributed by atoms with E-state index in [1.807, 2.05) is 35.7 Å². The van der Waals surface area contributed by atoms with E-state index in [0.717, 1.165) is 10.5 Å². The third kappa shape index (κ3) is 5.39. The second kappa shape index (κ2) is 8.66. The number of halogens is 1. The summed E-state index contributed by atoms with van der Waals surface area (Å²) in [5, 5.41) is 4.71. The van der Waals surface area contributed by atoms with Crippen molar-refractivity contribution in [3.05, 3.63) is 64.4 Å². The summed E-state index contributed by atoms with van der Waals surface area (Å²) in [6.45, 7) is 0.217. The van der Waals surface area contributed by atoms with Crippen molar-refractivity contribution in [2.75, 3.05) is 12.3 Å². The number of fused-ring (bicyclic) bond motifs is 1. The zero-order chi connectivity index (χ0) is 19.3. The average molecular weight is 425 g/mol. The molecule has 0 fully saturated rings. The highest BCUT2D eigenvalue weighted by molar-refractivity contribution is 7.89. The van der Waals surface area contributed by atoms with Gasteiger partial charge in [0, 0.05) is 30.7 Å². The lowest BCUT2D eigenvalue weighted by atomic mass is 10.2. The van der Waals surface area contributed by atoms with Gasteiger partial charge in [-0.25, -0.2) is 18.1 Å². The van der Waals surface area contributed by atoms with Crippen LogP contribution >= 0.6 is 22.9 Å². The van der Waals surface area contributed by atoms with Crippen molar-refractivity contribution in [3.8, 4) is 0 Å². The van der Waals surface area contributed by atoms with E-state index >= 15 is 0 Å². The summed E-state index contributed by atoms with van der Waals surface area (Å²) in [7, 11) is -3.48. The first-order valence-electron chi connectivity index (χ1n) is 8.03. The standard InChI is InChI=1S/C17H17ClN4O3S2/c18-16-14(22-9-10-26-17(22)21-16)6-7-15(23)19-8-11-27(24,25)20-12-13-4-2-1-3-5-13/h1-7,9-10,20H,8,11-12H2,(H,19,23). The van der Waals surface area contributed by atoms with Crippen molar-refractivity contribution in [2.24, 2.45) is 0 Å². The number of amides is 1. The maximum Gasteiger partial charge on any atom is 0.244 e. The van der Waals surface area contributed by atoms with E-state index in [4.69, 9.17) is 11.6 Å². The molecule has 2 aromatic heterocycles. The van der Waals surface area contributed by atoms with Gasteiger partial charge >= 0.3 is 0 Å². The molecule has 0 aliphatic carbocycles. The summed E-state index contributed by atoms with van der Waals surface area (Å²) in [6, 6.07) is 9.21. The number of benzene rings is 1. The van der Waals surface area contributed by atoms with E-state index in [-0.39, 0.29) is 18.8 Å². The van der Waals surface area contributed by atoms with Crippen LogP contribution in [0.3, 0.4) is 0 Å². The molecule has 0 unspecified atom stereocenters. The van der Waals surface area contributed by atoms with Gasteiger partial charge in [0.05, 0.1) is 11.4 Å². The molecule has 142 valence electrons. The largest absolute Gasteiger partial charge is 0.351 e. The number of rotatable bonds is 8. The Bertz CT molecular complexity index is 1060. The van der Waals surface area contributed by atoms with Crippen molar-refractivity contribution in [3.63, 3.8) is 0 Å². The number of nitrogens with zero attached hydrogens (tertiary/aromatic N) is 2. The number of aromatic nitrogens is 2. The zero-order valence-corrected chi connectivity index (χ0v) is 16.5. The van der Waals surface area contributed by atoms with Gasteiger partial charge in [-0.2, -0.15) is 0 Å². The molecule has 0 radical (unpaired) electrons. The molecule has 2 heterocycles. The molecule has 0 aliphatic heterocycles. The SMILES string of the molecule is O=C(C=Cc1c(Cl)nc2sccn12)NCCS(=O)(=O)NCc1ccccc1. The molecular weight excluding hydrogens is 408 g/mol. The number of imidazole rings is 1. The molecule has 0 spiro atoms. The highest BCUT2D eigenvalue weighted by atomic mass is 35.5. The van der Waals surface area contributed by atoms with Crippen LogP contribution in [-0.4, -0.2) is 36.0 Å². The molecule has 0 aliphatic rings. The van der Waals surface area contributed by atoms with Gasteiger partial charge in [0.25, 0.3) is 0 Å². The Morgan fingerprint density at radius 3 is 2.85 bits per heavy atom. The molecule has 0 atom stereocenters. The molecule has 1 amide bonds. The monoisotopic (exact) mass is 424 g/mol. The Labute approximate surface area is 165 Å². The van der Waals surface area contributed by atoms with E-state index < -0.39 is 15.9 Å². The summed E-state index contributed by atoms with van der Waals surface area (Å²) in [5.74, 6) is -0.615. The van der Waals surface area contributed by atoms with Crippen LogP contribution in [0.4, 0.5) is 0 Å². The first kappa shape index (κ1) is 19.6. The molecular formula is C17H17ClN4O3S2. The number of carbonyl (C=O) groups excluding carboxylic acids is 1. The molecule has 0 bridgehead atoms. The Kier molecular flexibility index (Phi) is 6.27. The first-order valence-corrected chi connectivity index (χ1v) is 10.9. The van der Waals surface area contributed by atoms with E-state index in [2.05, 4.69) is 15.0 Å². The maximum absolute atomic E-state index is 12.0. The highest BCUT2D eigenvalue weighted by Gasteiger charge is 2.11. The number of carbonyl (C=O) groups is 1. The lowest BCUT2D eigenvalue weighted by Crippen LogP contribution is -2.33. The van der Waals surface area contributed by atoms with Crippen molar-refractivity contribution < 1.29 is 13.2 Å². The highest BCUT2D eigenvalue weighted by Crippen LogP contribution is 2.22. The van der Waals surface area contributed by atoms with Gasteiger partial charge in [-0.3, -0.25) is 9.20 Å². The van der Waals surface area contributed by atoms with E-state index in [1.165, 1.54) is 17.4 Å². The average Bonchev–Trinajstić information content (AvgIpc) is 3.20. The van der Waals surface area contributed by atoms with Crippen molar-refractivity contribution in [1.82, 2.24) is 19.4 Å². The minimum Gasteiger partial charge on any atom is -0.351 e. The molecule has 27 heavy (non-hydrogen) atoms. The molecule has 0 saturated carbocycles. The molecule has 3 rings (SSSR count). The lowest BCUT2D eigenvalue weighted by molar-refractivity contribution is -0.116. The number of nitrogens with one attached hydrogen (secondary N) is 2. The van der Waals surface area contributed by atoms with Crippen LogP contribution < -0.4 is 10.0 Å². The predicted octanol–water partition coefficient (Wildman–Crippen LogP) is 2.30. The van der Waals surface area contributed by atoms with Crippen molar-refractivity contribution in [2.45, 2.75) is 6.54 Å². The molecule has 7 nitrogen and oxygen atoms in total. The van der Waals surface area contributed by atoms with Crippen LogP contribution in [-0.2, 0) is 21.4 Å². The van der Waals surface area contributed by atoms with Gasteiger partial charge in [0.1, 0.15) is 0 Å². The summed E-state index contributed by atoms with van der Waals surface area (Å²) in [6.07, 6.45) is 4.66. The van der Waals surface area contributed by atoms with Crippen molar-refractivity contribution in [1.29, 1.82) is 0 Å². The Morgan fingerprint density at radius 2 is 2.07 bits per heavy atom. The van der Waals surface area contributed by atoms with Gasteiger partial charge in [-0.05, 0) is 11.6 Å². The Balaban J connectivity index is 1.47. The molecule has 10 heteroatoms. The van der Waals surface area contributed by atoms with Gasteiger partial charge < -0.3 is 5.32 Å². The molecule has 2 N–H and O–H groups in total. The number of thiazole rings is 1. The topological polar surface area (TPSA) is 92.6 Å². The minimum atomic E-state index is -3.48. The van der Waals surface area contributed by atoms with Crippen LogP contribution in [0.25, 0.3) is 11.0 Å². The molecule has 1 aromatic carbocycles. The number of sulfonamides is 1. The van der Waals surface area contributed by atoms with Gasteiger partial charge in [0.2, 0.25) is 15.9 Å². The second-order valence-electron chi connectivity index (χ2n) is 5.59. The first-order chi connectivity index (χ1) is 12.9. The Hall–Kier alpha value is -2.20. The minimum absolute atomic E-state index is 0.00128. The number of hydrogen-bond acceptors (Lipinski definition) is 5. The summed E-state index contributed by atoms with van der Waals surface area (Å²) in [4.78, 5) is 16.8. The van der Waals surface area contributed by atoms with Gasteiger partial charge in [-0.1, -0.05) is 41.9 Å². The smallest absolute Gasteiger partial charge is 0.244 e. The van der Waals surface area contributed by atoms with Gasteiger partial charge in [-0.15, -0.1) is 11.3 Å². The van der Waals surface area contributed by atoms with Gasteiger partial charge in [0.15, 0.2) is 10.1 Å². The summed E-state index contributed by atoms with van der Waals surface area (Å²) < 4.78 is 28.2. The summed E-state index contributed by atoms with van der Waals surface area (Å²) >= 11 is 7.48. The predicted molar refractivity (Wildman–Crippen MR) is 107 cm³/mol.